The highest BCUT2D eigenvalue weighted by molar-refractivity contribution is 8.01. The number of hydrogen-bond donors (Lipinski definition) is 3. The molecule has 2 atom stereocenters. The van der Waals surface area contributed by atoms with E-state index >= 15 is 0 Å². The number of oxime groups is 1. The summed E-state index contributed by atoms with van der Waals surface area (Å²) in [4.78, 5) is 47.8. The summed E-state index contributed by atoms with van der Waals surface area (Å²) < 4.78 is 14.8. The van der Waals surface area contributed by atoms with Crippen LogP contribution in [0.1, 0.15) is 5.69 Å². The number of carboxylic acid groups (broad SMARTS) is 1. The average molecular weight is 566 g/mol. The number of carbonyl (C=O) groups excluding carboxylic acids is 2. The molecule has 192 valence electrons. The topological polar surface area (TPSA) is 190 Å². The number of aromatic nitrogens is 5. The summed E-state index contributed by atoms with van der Waals surface area (Å²) in [5.41, 5.74) is 6.28. The van der Waals surface area contributed by atoms with Crippen LogP contribution in [0.25, 0.3) is 5.65 Å². The van der Waals surface area contributed by atoms with Crippen molar-refractivity contribution in [2.24, 2.45) is 5.16 Å². The van der Waals surface area contributed by atoms with Crippen LogP contribution >= 0.6 is 34.9 Å². The van der Waals surface area contributed by atoms with Gasteiger partial charge in [0.2, 0.25) is 11.1 Å². The first kappa shape index (κ1) is 24.9. The number of nitrogens with zero attached hydrogens (tertiary/aromatic N) is 7. The molecule has 2 aliphatic rings. The molecule has 2 amide bonds. The molecule has 0 aromatic carbocycles. The van der Waals surface area contributed by atoms with Gasteiger partial charge in [-0.15, -0.1) is 38.4 Å². The lowest BCUT2D eigenvalue weighted by Gasteiger charge is -2.49. The van der Waals surface area contributed by atoms with E-state index in [1.807, 2.05) is 0 Å². The van der Waals surface area contributed by atoms with E-state index in [-0.39, 0.29) is 38.9 Å². The van der Waals surface area contributed by atoms with Gasteiger partial charge < -0.3 is 21.0 Å². The van der Waals surface area contributed by atoms with Crippen molar-refractivity contribution in [2.75, 3.05) is 24.3 Å². The fourth-order valence-electron chi connectivity index (χ4n) is 3.68. The molecule has 0 unspecified atom stereocenters. The minimum atomic E-state index is -1.28. The van der Waals surface area contributed by atoms with Crippen molar-refractivity contribution in [1.82, 2.24) is 35.0 Å². The fraction of sp³-hybridized carbons (Fsp3) is 0.263. The van der Waals surface area contributed by atoms with Crippen LogP contribution in [0.2, 0.25) is 0 Å². The number of carboxylic acids is 1. The van der Waals surface area contributed by atoms with Crippen LogP contribution in [0, 0.1) is 5.95 Å². The number of fused-ring (bicyclic) bond motifs is 2. The molecule has 5 heterocycles. The van der Waals surface area contributed by atoms with Gasteiger partial charge in [0, 0.05) is 16.9 Å². The number of aliphatic carboxylic acids is 1. The Morgan fingerprint density at radius 3 is 2.92 bits per heavy atom. The van der Waals surface area contributed by atoms with E-state index in [0.29, 0.717) is 11.2 Å². The Morgan fingerprint density at radius 1 is 1.41 bits per heavy atom. The number of nitrogens with two attached hydrogens (primary N) is 1. The summed E-state index contributed by atoms with van der Waals surface area (Å²) in [6.07, 6.45) is 0. The van der Waals surface area contributed by atoms with Crippen LogP contribution in [0.3, 0.4) is 0 Å². The molecule has 37 heavy (non-hydrogen) atoms. The van der Waals surface area contributed by atoms with E-state index in [2.05, 4.69) is 30.8 Å². The van der Waals surface area contributed by atoms with Crippen LogP contribution in [0.4, 0.5) is 9.52 Å². The van der Waals surface area contributed by atoms with Gasteiger partial charge in [0.25, 0.3) is 11.8 Å². The quantitative estimate of drug-likeness (QED) is 0.146. The van der Waals surface area contributed by atoms with Gasteiger partial charge in [0.15, 0.2) is 16.5 Å². The number of anilines is 1. The van der Waals surface area contributed by atoms with Crippen molar-refractivity contribution in [1.29, 1.82) is 0 Å². The summed E-state index contributed by atoms with van der Waals surface area (Å²) in [7, 11) is 1.26. The summed E-state index contributed by atoms with van der Waals surface area (Å²) >= 11 is 3.52. The maximum absolute atomic E-state index is 13.5. The molecule has 4 N–H and O–H groups in total. The van der Waals surface area contributed by atoms with Crippen molar-refractivity contribution in [3.05, 3.63) is 40.4 Å². The Balaban J connectivity index is 1.32. The molecular weight excluding hydrogens is 549 g/mol. The van der Waals surface area contributed by atoms with Crippen molar-refractivity contribution in [3.63, 3.8) is 0 Å². The van der Waals surface area contributed by atoms with Crippen molar-refractivity contribution >= 4 is 69.1 Å². The van der Waals surface area contributed by atoms with E-state index in [1.54, 1.807) is 0 Å². The Morgan fingerprint density at radius 2 is 2.22 bits per heavy atom. The van der Waals surface area contributed by atoms with Crippen LogP contribution < -0.4 is 11.1 Å². The summed E-state index contributed by atoms with van der Waals surface area (Å²) in [6, 6.07) is 1.59. The molecule has 3 aromatic rings. The molecule has 0 aliphatic carbocycles. The Hall–Kier alpha value is -3.77. The van der Waals surface area contributed by atoms with E-state index in [0.717, 1.165) is 34.1 Å². The van der Waals surface area contributed by atoms with Crippen LogP contribution in [0.15, 0.2) is 39.1 Å². The lowest BCUT2D eigenvalue weighted by atomic mass is 10.0. The molecular formula is C19H16FN9O5S3. The van der Waals surface area contributed by atoms with Gasteiger partial charge >= 0.3 is 5.97 Å². The van der Waals surface area contributed by atoms with E-state index in [4.69, 9.17) is 10.6 Å². The first-order valence-electron chi connectivity index (χ1n) is 10.3. The van der Waals surface area contributed by atoms with Gasteiger partial charge in [-0.05, 0) is 17.7 Å². The predicted octanol–water partition coefficient (Wildman–Crippen LogP) is 0.184. The fourth-order valence-corrected chi connectivity index (χ4v) is 6.60. The average Bonchev–Trinajstić information content (AvgIpc) is 3.49. The number of nitrogen functional groups attached to an aromatic ring is 1. The number of thiazole rings is 1. The molecule has 14 nitrogen and oxygen atoms in total. The van der Waals surface area contributed by atoms with Crippen molar-refractivity contribution < 1.29 is 28.7 Å². The molecule has 0 bridgehead atoms. The molecule has 0 spiro atoms. The number of amides is 2. The maximum atomic E-state index is 13.5. The third-order valence-corrected chi connectivity index (χ3v) is 8.29. The van der Waals surface area contributed by atoms with Crippen LogP contribution in [-0.2, 0) is 19.2 Å². The molecule has 3 aromatic heterocycles. The standard InChI is InChI=1S/C19H16FN9O5S3/c1-34-27-11(8-6-36-18(21)22-8)14(30)23-12-15(31)28-13(17(32)33)7(4-35-16(12)28)5-37-19-25-24-10-3-2-9(20)26-29(10)19/h2-3,6,12,16H,4-5H2,1H3,(H2,21,22)(H,23,30)(H,32,33)/b27-11-/t12-,16+/m1/s1. The monoisotopic (exact) mass is 565 g/mol. The summed E-state index contributed by atoms with van der Waals surface area (Å²) in [6.45, 7) is 0. The number of halogens is 1. The SMILES string of the molecule is CO/N=C(\C(=O)N[C@@H]1C(=O)N2C(C(=O)O)=C(CSc3nnc4ccc(F)nn34)CS[C@@H]12)c1csc(N)n1. The number of rotatable bonds is 8. The van der Waals surface area contributed by atoms with Crippen LogP contribution in [-0.4, -0.2) is 88.3 Å². The zero-order valence-electron chi connectivity index (χ0n) is 18.7. The Kier molecular flexibility index (Phi) is 6.69. The van der Waals surface area contributed by atoms with Crippen LogP contribution in [0.5, 0.6) is 0 Å². The highest BCUT2D eigenvalue weighted by atomic mass is 32.2. The predicted molar refractivity (Wildman–Crippen MR) is 131 cm³/mol. The molecule has 0 radical (unpaired) electrons. The van der Waals surface area contributed by atoms with Crippen molar-refractivity contribution in [3.8, 4) is 0 Å². The number of β-lactam (4-membered cyclic amide) rings is 1. The van der Waals surface area contributed by atoms with Gasteiger partial charge in [0.05, 0.1) is 0 Å². The number of carbonyl (C=O) groups is 3. The van der Waals surface area contributed by atoms with Gasteiger partial charge in [0.1, 0.15) is 29.9 Å². The molecule has 2 aliphatic heterocycles. The minimum Gasteiger partial charge on any atom is -0.477 e. The second-order valence-electron chi connectivity index (χ2n) is 7.51. The smallest absolute Gasteiger partial charge is 0.352 e. The first-order valence-corrected chi connectivity index (χ1v) is 13.2. The number of hydrogen-bond acceptors (Lipinski definition) is 13. The molecule has 1 fully saturated rings. The van der Waals surface area contributed by atoms with Gasteiger partial charge in [-0.3, -0.25) is 14.5 Å². The Labute approximate surface area is 219 Å². The molecule has 18 heteroatoms. The largest absolute Gasteiger partial charge is 0.477 e. The summed E-state index contributed by atoms with van der Waals surface area (Å²) in [5.74, 6) is -2.88. The molecule has 1 saturated heterocycles. The highest BCUT2D eigenvalue weighted by Gasteiger charge is 2.54. The second kappa shape index (κ2) is 9.94. The normalized spacial score (nSPS) is 19.6. The number of thioether (sulfide) groups is 2. The summed E-state index contributed by atoms with van der Waals surface area (Å²) in [5, 5.41) is 29.1. The zero-order valence-corrected chi connectivity index (χ0v) is 21.1. The molecule has 5 rings (SSSR count). The van der Waals surface area contributed by atoms with Gasteiger partial charge in [-0.1, -0.05) is 16.9 Å². The lowest BCUT2D eigenvalue weighted by Crippen LogP contribution is -2.71. The molecule has 0 saturated carbocycles. The number of nitrogens with one attached hydrogen (secondary N) is 1. The first-order chi connectivity index (χ1) is 17.8. The lowest BCUT2D eigenvalue weighted by molar-refractivity contribution is -0.150. The minimum absolute atomic E-state index is 0.150. The van der Waals surface area contributed by atoms with E-state index in [1.165, 1.54) is 34.8 Å². The van der Waals surface area contributed by atoms with Gasteiger partial charge in [-0.25, -0.2) is 9.78 Å². The van der Waals surface area contributed by atoms with E-state index in [9.17, 15) is 23.9 Å². The zero-order chi connectivity index (χ0) is 26.3. The second-order valence-corrected chi connectivity index (χ2v) is 10.4. The van der Waals surface area contributed by atoms with E-state index < -0.39 is 35.1 Å². The third kappa shape index (κ3) is 4.58. The highest BCUT2D eigenvalue weighted by Crippen LogP contribution is 2.41. The maximum Gasteiger partial charge on any atom is 0.352 e. The Bertz CT molecular complexity index is 1490. The van der Waals surface area contributed by atoms with Gasteiger partial charge in [-0.2, -0.15) is 8.91 Å². The third-order valence-electron chi connectivity index (χ3n) is 5.28. The van der Waals surface area contributed by atoms with Crippen molar-refractivity contribution in [2.45, 2.75) is 16.6 Å².